The third kappa shape index (κ3) is 5.10. The van der Waals surface area contributed by atoms with Gasteiger partial charge in [-0.1, -0.05) is 18.9 Å². The van der Waals surface area contributed by atoms with Gasteiger partial charge in [-0.2, -0.15) is 0 Å². The molecule has 0 radical (unpaired) electrons. The summed E-state index contributed by atoms with van der Waals surface area (Å²) in [6.07, 6.45) is 7.41. The van der Waals surface area contributed by atoms with E-state index in [9.17, 15) is 0 Å². The van der Waals surface area contributed by atoms with Crippen LogP contribution in [0.5, 0.6) is 5.88 Å². The van der Waals surface area contributed by atoms with Crippen LogP contribution in [0, 0.1) is 11.8 Å². The number of aliphatic imine (C=N–C) groups is 1. The van der Waals surface area contributed by atoms with Gasteiger partial charge in [0.15, 0.2) is 5.96 Å². The molecule has 2 fully saturated rings. The Morgan fingerprint density at radius 1 is 1.23 bits per heavy atom. The summed E-state index contributed by atoms with van der Waals surface area (Å²) in [7, 11) is 1.66. The van der Waals surface area contributed by atoms with Gasteiger partial charge in [0, 0.05) is 39.0 Å². The quantitative estimate of drug-likeness (QED) is 0.460. The monoisotopic (exact) mass is 360 g/mol. The third-order valence-electron chi connectivity index (χ3n) is 5.36. The highest BCUT2D eigenvalue weighted by atomic mass is 16.5. The smallest absolute Gasteiger partial charge is 0.213 e. The molecule has 0 spiro atoms. The average molecular weight is 361 g/mol. The normalized spacial score (nSPS) is 23.0. The molecular weight excluding hydrogens is 328 g/mol. The van der Waals surface area contributed by atoms with Crippen LogP contribution in [-0.4, -0.2) is 55.8 Å². The van der Waals surface area contributed by atoms with E-state index in [2.05, 4.69) is 22.1 Å². The molecule has 2 atom stereocenters. The highest BCUT2D eigenvalue weighted by Crippen LogP contribution is 2.35. The zero-order valence-corrected chi connectivity index (χ0v) is 16.1. The highest BCUT2D eigenvalue weighted by molar-refractivity contribution is 5.80. The Morgan fingerprint density at radius 3 is 2.62 bits per heavy atom. The summed E-state index contributed by atoms with van der Waals surface area (Å²) in [4.78, 5) is 11.7. The van der Waals surface area contributed by atoms with Crippen molar-refractivity contribution in [3.05, 3.63) is 23.9 Å². The van der Waals surface area contributed by atoms with Crippen molar-refractivity contribution in [2.45, 2.75) is 39.2 Å². The Labute approximate surface area is 157 Å². The van der Waals surface area contributed by atoms with Crippen LogP contribution < -0.4 is 10.1 Å². The number of hydrogen-bond donors (Lipinski definition) is 1. The van der Waals surface area contributed by atoms with Gasteiger partial charge in [0.2, 0.25) is 5.88 Å². The van der Waals surface area contributed by atoms with E-state index in [0.717, 1.165) is 43.0 Å². The molecule has 0 aromatic carbocycles. The zero-order valence-electron chi connectivity index (χ0n) is 16.1. The number of rotatable bonds is 7. The van der Waals surface area contributed by atoms with Gasteiger partial charge in [-0.05, 0) is 37.2 Å². The predicted molar refractivity (Wildman–Crippen MR) is 103 cm³/mol. The van der Waals surface area contributed by atoms with Crippen molar-refractivity contribution in [3.8, 4) is 5.88 Å². The number of likely N-dealkylation sites (tertiary alicyclic amines) is 1. The first kappa shape index (κ1) is 19.0. The Morgan fingerprint density at radius 2 is 2.00 bits per heavy atom. The van der Waals surface area contributed by atoms with Gasteiger partial charge in [-0.15, -0.1) is 0 Å². The molecule has 6 nitrogen and oxygen atoms in total. The van der Waals surface area contributed by atoms with Crippen molar-refractivity contribution in [1.82, 2.24) is 15.2 Å². The molecule has 144 valence electrons. The number of nitrogens with zero attached hydrogens (tertiary/aromatic N) is 3. The van der Waals surface area contributed by atoms with E-state index < -0.39 is 0 Å². The number of methoxy groups -OCH3 is 1. The van der Waals surface area contributed by atoms with Crippen LogP contribution in [-0.2, 0) is 11.3 Å². The van der Waals surface area contributed by atoms with Gasteiger partial charge in [-0.3, -0.25) is 0 Å². The van der Waals surface area contributed by atoms with Crippen LogP contribution in [0.3, 0.4) is 0 Å². The second kappa shape index (κ2) is 9.76. The van der Waals surface area contributed by atoms with Crippen molar-refractivity contribution < 1.29 is 9.47 Å². The van der Waals surface area contributed by atoms with Crippen LogP contribution in [0.1, 0.15) is 38.2 Å². The molecular formula is C20H32N4O2. The fourth-order valence-corrected chi connectivity index (χ4v) is 3.99. The predicted octanol–water partition coefficient (Wildman–Crippen LogP) is 2.69. The lowest BCUT2D eigenvalue weighted by Crippen LogP contribution is -2.40. The minimum Gasteiger partial charge on any atom is -0.475 e. The molecule has 1 N–H and O–H groups in total. The first-order valence-corrected chi connectivity index (χ1v) is 9.90. The standard InChI is InChI=1S/C20H32N4O2/c1-3-21-20(24-14-17-6-4-5-7-18(17)15-24)23-13-16-8-9-19(22-12-16)26-11-10-25-2/h8-9,12,17-18H,3-7,10-11,13-15H2,1-2H3,(H,21,23). The van der Waals surface area contributed by atoms with Gasteiger partial charge < -0.3 is 19.7 Å². The molecule has 2 aliphatic rings. The lowest BCUT2D eigenvalue weighted by molar-refractivity contribution is 0.143. The summed E-state index contributed by atoms with van der Waals surface area (Å²) in [6, 6.07) is 3.93. The third-order valence-corrected chi connectivity index (χ3v) is 5.36. The maximum atomic E-state index is 5.51. The summed E-state index contributed by atoms with van der Waals surface area (Å²) in [5.41, 5.74) is 1.09. The van der Waals surface area contributed by atoms with E-state index in [-0.39, 0.29) is 0 Å². The molecule has 1 aliphatic carbocycles. The van der Waals surface area contributed by atoms with E-state index in [0.29, 0.717) is 25.6 Å². The van der Waals surface area contributed by atoms with Crippen LogP contribution >= 0.6 is 0 Å². The second-order valence-corrected chi connectivity index (χ2v) is 7.23. The maximum Gasteiger partial charge on any atom is 0.213 e. The molecule has 0 bridgehead atoms. The molecule has 26 heavy (non-hydrogen) atoms. The molecule has 1 aromatic rings. The van der Waals surface area contributed by atoms with Gasteiger partial charge >= 0.3 is 0 Å². The van der Waals surface area contributed by atoms with E-state index >= 15 is 0 Å². The molecule has 1 saturated carbocycles. The van der Waals surface area contributed by atoms with E-state index in [4.69, 9.17) is 14.5 Å². The Hall–Kier alpha value is -1.82. The Kier molecular flexibility index (Phi) is 7.12. The number of hydrogen-bond acceptors (Lipinski definition) is 4. The van der Waals surface area contributed by atoms with Crippen molar-refractivity contribution in [3.63, 3.8) is 0 Å². The SMILES string of the molecule is CCNC(=NCc1ccc(OCCOC)nc1)N1CC2CCCCC2C1. The number of fused-ring (bicyclic) bond motifs is 1. The number of ether oxygens (including phenoxy) is 2. The first-order valence-electron chi connectivity index (χ1n) is 9.90. The highest BCUT2D eigenvalue weighted by Gasteiger charge is 2.35. The molecule has 2 unspecified atom stereocenters. The molecule has 6 heteroatoms. The lowest BCUT2D eigenvalue weighted by atomic mass is 9.82. The number of nitrogens with one attached hydrogen (secondary N) is 1. The van der Waals surface area contributed by atoms with Gasteiger partial charge in [0.05, 0.1) is 13.2 Å². The Bertz CT molecular complexity index is 562. The maximum absolute atomic E-state index is 5.51. The minimum atomic E-state index is 0.517. The largest absolute Gasteiger partial charge is 0.475 e. The zero-order chi connectivity index (χ0) is 18.2. The molecule has 1 aromatic heterocycles. The first-order chi connectivity index (χ1) is 12.8. The van der Waals surface area contributed by atoms with Crippen LogP contribution in [0.25, 0.3) is 0 Å². The van der Waals surface area contributed by atoms with E-state index in [1.807, 2.05) is 18.3 Å². The number of aromatic nitrogens is 1. The molecule has 0 amide bonds. The topological polar surface area (TPSA) is 59.0 Å². The van der Waals surface area contributed by atoms with Crippen molar-refractivity contribution in [1.29, 1.82) is 0 Å². The van der Waals surface area contributed by atoms with Crippen LogP contribution in [0.2, 0.25) is 0 Å². The average Bonchev–Trinajstić information content (AvgIpc) is 3.10. The van der Waals surface area contributed by atoms with Crippen molar-refractivity contribution >= 4 is 5.96 Å². The molecule has 2 heterocycles. The summed E-state index contributed by atoms with van der Waals surface area (Å²) < 4.78 is 10.5. The summed E-state index contributed by atoms with van der Waals surface area (Å²) >= 11 is 0. The Balaban J connectivity index is 1.57. The second-order valence-electron chi connectivity index (χ2n) is 7.23. The fourth-order valence-electron chi connectivity index (χ4n) is 3.99. The van der Waals surface area contributed by atoms with Crippen molar-refractivity contribution in [2.75, 3.05) is 40.0 Å². The van der Waals surface area contributed by atoms with Gasteiger partial charge in [-0.25, -0.2) is 9.98 Å². The van der Waals surface area contributed by atoms with E-state index in [1.54, 1.807) is 7.11 Å². The molecule has 1 saturated heterocycles. The van der Waals surface area contributed by atoms with Gasteiger partial charge in [0.1, 0.15) is 6.61 Å². The summed E-state index contributed by atoms with van der Waals surface area (Å²) in [5, 5.41) is 3.47. The van der Waals surface area contributed by atoms with Gasteiger partial charge in [0.25, 0.3) is 0 Å². The number of pyridine rings is 1. The fraction of sp³-hybridized carbons (Fsp3) is 0.700. The van der Waals surface area contributed by atoms with Crippen molar-refractivity contribution in [2.24, 2.45) is 16.8 Å². The van der Waals surface area contributed by atoms with Crippen LogP contribution in [0.15, 0.2) is 23.3 Å². The summed E-state index contributed by atoms with van der Waals surface area (Å²) in [5.74, 6) is 3.39. The van der Waals surface area contributed by atoms with Crippen LogP contribution in [0.4, 0.5) is 0 Å². The minimum absolute atomic E-state index is 0.517. The molecule has 3 rings (SSSR count). The number of guanidine groups is 1. The van der Waals surface area contributed by atoms with E-state index in [1.165, 1.54) is 25.7 Å². The lowest BCUT2D eigenvalue weighted by Gasteiger charge is -2.22. The molecule has 1 aliphatic heterocycles. The summed E-state index contributed by atoms with van der Waals surface area (Å²) in [6.45, 7) is 7.06.